The van der Waals surface area contributed by atoms with E-state index in [0.717, 1.165) is 17.2 Å². The van der Waals surface area contributed by atoms with Gasteiger partial charge in [-0.15, -0.1) is 11.3 Å². The van der Waals surface area contributed by atoms with Crippen molar-refractivity contribution in [1.29, 1.82) is 0 Å². The minimum absolute atomic E-state index is 0.199. The van der Waals surface area contributed by atoms with Crippen LogP contribution >= 0.6 is 11.3 Å². The molecule has 1 aromatic heterocycles. The van der Waals surface area contributed by atoms with Gasteiger partial charge in [-0.25, -0.2) is 0 Å². The van der Waals surface area contributed by atoms with Crippen molar-refractivity contribution in [3.8, 4) is 0 Å². The van der Waals surface area contributed by atoms with Crippen molar-refractivity contribution in [2.45, 2.75) is 77.2 Å². The van der Waals surface area contributed by atoms with Gasteiger partial charge in [0, 0.05) is 9.75 Å². The van der Waals surface area contributed by atoms with Crippen molar-refractivity contribution in [2.75, 3.05) is 0 Å². The molecule has 108 valence electrons. The summed E-state index contributed by atoms with van der Waals surface area (Å²) in [6, 6.07) is 4.32. The maximum Gasteiger partial charge on any atom is 0.0884 e. The van der Waals surface area contributed by atoms with Crippen LogP contribution in [0, 0.1) is 5.92 Å². The lowest BCUT2D eigenvalue weighted by atomic mass is 9.93. The summed E-state index contributed by atoms with van der Waals surface area (Å²) in [5.74, 6) is 0.734. The second-order valence-electron chi connectivity index (χ2n) is 7.06. The Labute approximate surface area is 122 Å². The van der Waals surface area contributed by atoms with E-state index >= 15 is 0 Å². The van der Waals surface area contributed by atoms with Crippen molar-refractivity contribution < 1.29 is 5.11 Å². The lowest BCUT2D eigenvalue weighted by Crippen LogP contribution is -2.08. The molecule has 0 spiro atoms. The molecule has 0 aliphatic heterocycles. The van der Waals surface area contributed by atoms with Gasteiger partial charge in [-0.3, -0.25) is 0 Å². The van der Waals surface area contributed by atoms with Gasteiger partial charge in [0.25, 0.3) is 0 Å². The van der Waals surface area contributed by atoms with Gasteiger partial charge >= 0.3 is 0 Å². The van der Waals surface area contributed by atoms with Gasteiger partial charge in [-0.05, 0) is 29.9 Å². The third-order valence-electron chi connectivity index (χ3n) is 4.23. The SMILES string of the molecule is CC(C)(C)c1ccc(C(O)CC2CCCCCC2)s1. The molecule has 1 heterocycles. The van der Waals surface area contributed by atoms with Gasteiger partial charge in [-0.2, -0.15) is 0 Å². The summed E-state index contributed by atoms with van der Waals surface area (Å²) >= 11 is 1.79. The summed E-state index contributed by atoms with van der Waals surface area (Å²) in [4.78, 5) is 2.54. The van der Waals surface area contributed by atoms with E-state index in [0.29, 0.717) is 0 Å². The normalized spacial score (nSPS) is 20.2. The molecule has 0 aromatic carbocycles. The molecule has 1 N–H and O–H groups in total. The first-order chi connectivity index (χ1) is 8.97. The smallest absolute Gasteiger partial charge is 0.0884 e. The van der Waals surface area contributed by atoms with E-state index in [1.54, 1.807) is 11.3 Å². The Morgan fingerprint density at radius 1 is 1.16 bits per heavy atom. The molecule has 19 heavy (non-hydrogen) atoms. The molecule has 1 aromatic rings. The van der Waals surface area contributed by atoms with E-state index in [2.05, 4.69) is 32.9 Å². The zero-order valence-corrected chi connectivity index (χ0v) is 13.4. The Morgan fingerprint density at radius 3 is 2.32 bits per heavy atom. The first kappa shape index (κ1) is 15.1. The van der Waals surface area contributed by atoms with E-state index in [1.165, 1.54) is 43.4 Å². The van der Waals surface area contributed by atoms with E-state index in [9.17, 15) is 5.11 Å². The molecule has 2 rings (SSSR count). The van der Waals surface area contributed by atoms with Crippen molar-refractivity contribution in [1.82, 2.24) is 0 Å². The summed E-state index contributed by atoms with van der Waals surface area (Å²) in [5, 5.41) is 10.5. The van der Waals surface area contributed by atoms with Crippen molar-refractivity contribution in [2.24, 2.45) is 5.92 Å². The predicted octanol–water partition coefficient (Wildman–Crippen LogP) is 5.44. The maximum absolute atomic E-state index is 10.5. The Morgan fingerprint density at radius 2 is 1.79 bits per heavy atom. The zero-order chi connectivity index (χ0) is 13.9. The molecule has 0 radical (unpaired) electrons. The molecule has 2 heteroatoms. The number of aliphatic hydroxyl groups is 1. The van der Waals surface area contributed by atoms with E-state index in [-0.39, 0.29) is 11.5 Å². The van der Waals surface area contributed by atoms with Gasteiger partial charge in [0.05, 0.1) is 6.10 Å². The molecule has 1 unspecified atom stereocenters. The third kappa shape index (κ3) is 4.32. The number of aliphatic hydroxyl groups excluding tert-OH is 1. The second-order valence-corrected chi connectivity index (χ2v) is 8.18. The van der Waals surface area contributed by atoms with Crippen LogP contribution in [0.5, 0.6) is 0 Å². The number of thiophene rings is 1. The van der Waals surface area contributed by atoms with Crippen molar-refractivity contribution >= 4 is 11.3 Å². The highest BCUT2D eigenvalue weighted by molar-refractivity contribution is 7.12. The fourth-order valence-corrected chi connectivity index (χ4v) is 4.03. The number of hydrogen-bond donors (Lipinski definition) is 1. The molecular formula is C17H28OS. The second kappa shape index (κ2) is 6.41. The molecule has 0 bridgehead atoms. The Balaban J connectivity index is 1.95. The highest BCUT2D eigenvalue weighted by Gasteiger charge is 2.21. The van der Waals surface area contributed by atoms with Gasteiger partial charge < -0.3 is 5.11 Å². The van der Waals surface area contributed by atoms with E-state index in [1.807, 2.05) is 0 Å². The Hall–Kier alpha value is -0.340. The molecule has 1 aliphatic rings. The molecule has 0 saturated heterocycles. The lowest BCUT2D eigenvalue weighted by Gasteiger charge is -2.18. The van der Waals surface area contributed by atoms with Crippen LogP contribution in [-0.4, -0.2) is 5.11 Å². The van der Waals surface area contributed by atoms with E-state index < -0.39 is 0 Å². The van der Waals surface area contributed by atoms with Crippen LogP contribution in [0.3, 0.4) is 0 Å². The van der Waals surface area contributed by atoms with Crippen molar-refractivity contribution in [3.63, 3.8) is 0 Å². The largest absolute Gasteiger partial charge is 0.388 e. The summed E-state index contributed by atoms with van der Waals surface area (Å²) in [7, 11) is 0. The predicted molar refractivity (Wildman–Crippen MR) is 83.8 cm³/mol. The first-order valence-corrected chi connectivity index (χ1v) is 8.57. The summed E-state index contributed by atoms with van der Waals surface area (Å²) in [6.07, 6.45) is 8.83. The monoisotopic (exact) mass is 280 g/mol. The molecule has 1 aliphatic carbocycles. The van der Waals surface area contributed by atoms with Gasteiger partial charge in [0.15, 0.2) is 0 Å². The molecule has 1 saturated carbocycles. The average Bonchev–Trinajstić information content (AvgIpc) is 2.70. The molecule has 1 atom stereocenters. The van der Waals surface area contributed by atoms with Crippen LogP contribution in [0.2, 0.25) is 0 Å². The minimum Gasteiger partial charge on any atom is -0.388 e. The topological polar surface area (TPSA) is 20.2 Å². The van der Waals surface area contributed by atoms with Crippen molar-refractivity contribution in [3.05, 3.63) is 21.9 Å². The molecule has 1 fully saturated rings. The fourth-order valence-electron chi connectivity index (χ4n) is 2.97. The van der Waals surface area contributed by atoms with Crippen LogP contribution in [0.1, 0.15) is 81.6 Å². The molecular weight excluding hydrogens is 252 g/mol. The summed E-state index contributed by atoms with van der Waals surface area (Å²) in [6.45, 7) is 6.71. The van der Waals surface area contributed by atoms with Crippen LogP contribution in [0.25, 0.3) is 0 Å². The average molecular weight is 280 g/mol. The zero-order valence-electron chi connectivity index (χ0n) is 12.6. The van der Waals surface area contributed by atoms with Crippen LogP contribution in [0.15, 0.2) is 12.1 Å². The van der Waals surface area contributed by atoms with Gasteiger partial charge in [-0.1, -0.05) is 59.3 Å². The van der Waals surface area contributed by atoms with Crippen LogP contribution in [0.4, 0.5) is 0 Å². The fraction of sp³-hybridized carbons (Fsp3) is 0.765. The highest BCUT2D eigenvalue weighted by atomic mass is 32.1. The highest BCUT2D eigenvalue weighted by Crippen LogP contribution is 2.36. The minimum atomic E-state index is -0.246. The van der Waals surface area contributed by atoms with Gasteiger partial charge in [0.1, 0.15) is 0 Å². The van der Waals surface area contributed by atoms with Crippen LogP contribution < -0.4 is 0 Å². The summed E-state index contributed by atoms with van der Waals surface area (Å²) < 4.78 is 0. The maximum atomic E-state index is 10.5. The standard InChI is InChI=1S/C17H28OS/c1-17(2,3)16-11-10-15(19-16)14(18)12-13-8-6-4-5-7-9-13/h10-11,13-14,18H,4-9,12H2,1-3H3. The summed E-state index contributed by atoms with van der Waals surface area (Å²) in [5.41, 5.74) is 0.199. The van der Waals surface area contributed by atoms with Gasteiger partial charge in [0.2, 0.25) is 0 Å². The van der Waals surface area contributed by atoms with Crippen LogP contribution in [-0.2, 0) is 5.41 Å². The number of rotatable bonds is 3. The third-order valence-corrected chi connectivity index (χ3v) is 5.84. The Bertz CT molecular complexity index is 380. The quantitative estimate of drug-likeness (QED) is 0.731. The Kier molecular flexibility index (Phi) is 5.08. The molecule has 0 amide bonds. The first-order valence-electron chi connectivity index (χ1n) is 7.75. The molecule has 1 nitrogen and oxygen atoms in total. The van der Waals surface area contributed by atoms with E-state index in [4.69, 9.17) is 0 Å². The lowest BCUT2D eigenvalue weighted by molar-refractivity contribution is 0.142. The number of hydrogen-bond acceptors (Lipinski definition) is 2.